The van der Waals surface area contributed by atoms with Gasteiger partial charge in [-0.05, 0) is 76.2 Å². The Balaban J connectivity index is 1.14. The van der Waals surface area contributed by atoms with Gasteiger partial charge < -0.3 is 15.2 Å². The standard InChI is InChI=1S/C26H40F3N5O4S/c27-26(28,29)8-1-9-30-20-6-10-34(11-7-20)39(36,37)33-22-14-18-3-2-17(12-18)13-21(15-22)31-25(35)23-16-24(38-32-23)19-4-5-19/h16-22,30,33H,1-15H2,(H,31,35)/t17-,18?,21+,22+/m1/s1. The van der Waals surface area contributed by atoms with Crippen LogP contribution in [0.4, 0.5) is 13.2 Å². The van der Waals surface area contributed by atoms with Gasteiger partial charge in [0.25, 0.3) is 16.1 Å². The number of hydrogen-bond donors (Lipinski definition) is 3. The number of carbonyl (C=O) groups excluding carboxylic acids is 1. The first-order valence-electron chi connectivity index (χ1n) is 14.4. The average Bonchev–Trinajstić information content (AvgIpc) is 3.39. The number of aromatic nitrogens is 1. The fourth-order valence-electron chi connectivity index (χ4n) is 6.56. The van der Waals surface area contributed by atoms with E-state index in [2.05, 4.69) is 20.5 Å². The summed E-state index contributed by atoms with van der Waals surface area (Å²) in [7, 11) is -3.73. The third-order valence-electron chi connectivity index (χ3n) is 8.71. The number of halogens is 3. The van der Waals surface area contributed by atoms with Crippen LogP contribution in [0.2, 0.25) is 0 Å². The molecule has 1 saturated heterocycles. The number of hydrogen-bond acceptors (Lipinski definition) is 6. The van der Waals surface area contributed by atoms with Gasteiger partial charge in [-0.2, -0.15) is 30.6 Å². The summed E-state index contributed by atoms with van der Waals surface area (Å²) < 4.78 is 73.4. The Morgan fingerprint density at radius 2 is 1.67 bits per heavy atom. The predicted octanol–water partition coefficient (Wildman–Crippen LogP) is 3.85. The van der Waals surface area contributed by atoms with E-state index < -0.39 is 22.8 Å². The van der Waals surface area contributed by atoms with Crippen LogP contribution in [-0.2, 0) is 10.2 Å². The third kappa shape index (κ3) is 8.17. The third-order valence-corrected chi connectivity index (χ3v) is 10.4. The summed E-state index contributed by atoms with van der Waals surface area (Å²) in [5, 5.41) is 10.2. The van der Waals surface area contributed by atoms with Crippen molar-refractivity contribution in [1.29, 1.82) is 0 Å². The van der Waals surface area contributed by atoms with E-state index in [0.717, 1.165) is 50.7 Å². The molecule has 2 bridgehead atoms. The van der Waals surface area contributed by atoms with Crippen LogP contribution in [0.15, 0.2) is 10.6 Å². The van der Waals surface area contributed by atoms with Crippen LogP contribution in [0, 0.1) is 11.8 Å². The normalized spacial score (nSPS) is 29.2. The van der Waals surface area contributed by atoms with Crippen LogP contribution in [0.1, 0.15) is 99.2 Å². The minimum absolute atomic E-state index is 0.0121. The van der Waals surface area contributed by atoms with Gasteiger partial charge in [0.1, 0.15) is 5.76 Å². The molecule has 3 aliphatic carbocycles. The molecule has 0 aromatic carbocycles. The highest BCUT2D eigenvalue weighted by molar-refractivity contribution is 7.87. The first-order valence-corrected chi connectivity index (χ1v) is 15.8. The molecule has 1 unspecified atom stereocenters. The van der Waals surface area contributed by atoms with Gasteiger partial charge in [0, 0.05) is 49.6 Å². The molecule has 220 valence electrons. The van der Waals surface area contributed by atoms with E-state index in [4.69, 9.17) is 4.52 Å². The molecule has 3 saturated carbocycles. The van der Waals surface area contributed by atoms with E-state index >= 15 is 0 Å². The molecule has 1 aliphatic heterocycles. The summed E-state index contributed by atoms with van der Waals surface area (Å²) in [5.41, 5.74) is 0.273. The number of alkyl halides is 3. The molecule has 2 heterocycles. The summed E-state index contributed by atoms with van der Waals surface area (Å²) in [6.45, 7) is 0.906. The van der Waals surface area contributed by atoms with Crippen LogP contribution >= 0.6 is 0 Å². The minimum atomic E-state index is -4.15. The van der Waals surface area contributed by atoms with Crippen molar-refractivity contribution in [2.75, 3.05) is 19.6 Å². The van der Waals surface area contributed by atoms with Gasteiger partial charge >= 0.3 is 6.18 Å². The second kappa shape index (κ2) is 12.0. The van der Waals surface area contributed by atoms with Crippen LogP contribution in [0.5, 0.6) is 0 Å². The lowest BCUT2D eigenvalue weighted by atomic mass is 9.86. The Hall–Kier alpha value is -1.70. The number of rotatable bonds is 10. The number of fused-ring (bicyclic) bond motifs is 2. The molecule has 3 N–H and O–H groups in total. The summed E-state index contributed by atoms with van der Waals surface area (Å²) >= 11 is 0. The van der Waals surface area contributed by atoms with E-state index in [1.54, 1.807) is 6.07 Å². The number of amides is 1. The average molecular weight is 576 g/mol. The Kier molecular flexibility index (Phi) is 8.89. The number of piperidine rings is 1. The van der Waals surface area contributed by atoms with Crippen molar-refractivity contribution >= 4 is 16.1 Å². The second-order valence-electron chi connectivity index (χ2n) is 12.0. The molecular formula is C26H40F3N5O4S. The fraction of sp³-hybridized carbons (Fsp3) is 0.846. The molecular weight excluding hydrogens is 535 g/mol. The minimum Gasteiger partial charge on any atom is -0.360 e. The molecule has 1 aromatic heterocycles. The molecule has 4 fully saturated rings. The predicted molar refractivity (Wildman–Crippen MR) is 138 cm³/mol. The van der Waals surface area contributed by atoms with Gasteiger partial charge in [0.05, 0.1) is 0 Å². The first kappa shape index (κ1) is 28.8. The lowest BCUT2D eigenvalue weighted by Gasteiger charge is -2.35. The number of nitrogens with one attached hydrogen (secondary N) is 3. The van der Waals surface area contributed by atoms with Crippen molar-refractivity contribution in [3.63, 3.8) is 0 Å². The summed E-state index contributed by atoms with van der Waals surface area (Å²) in [6.07, 6.45) is 3.56. The maximum atomic E-state index is 13.3. The highest BCUT2D eigenvalue weighted by Gasteiger charge is 2.37. The maximum absolute atomic E-state index is 13.3. The molecule has 4 aliphatic rings. The highest BCUT2D eigenvalue weighted by Crippen LogP contribution is 2.41. The quantitative estimate of drug-likeness (QED) is 0.365. The van der Waals surface area contributed by atoms with Crippen molar-refractivity contribution in [1.82, 2.24) is 24.8 Å². The Labute approximate surface area is 228 Å². The zero-order chi connectivity index (χ0) is 27.6. The SMILES string of the molecule is O=C(N[C@H]1C[C@@H]2CCC(C2)C[C@H](NS(=O)(=O)N2CCC(NCCCC(F)(F)F)CC2)C1)c1cc(C2CC2)on1. The molecule has 1 amide bonds. The summed E-state index contributed by atoms with van der Waals surface area (Å²) in [6, 6.07) is 1.28. The van der Waals surface area contributed by atoms with Gasteiger partial charge in [0.2, 0.25) is 0 Å². The summed E-state index contributed by atoms with van der Waals surface area (Å²) in [4.78, 5) is 12.9. The Morgan fingerprint density at radius 1 is 0.974 bits per heavy atom. The van der Waals surface area contributed by atoms with E-state index in [-0.39, 0.29) is 42.7 Å². The molecule has 39 heavy (non-hydrogen) atoms. The monoisotopic (exact) mass is 575 g/mol. The van der Waals surface area contributed by atoms with Gasteiger partial charge in [-0.25, -0.2) is 0 Å². The fourth-order valence-corrected chi connectivity index (χ4v) is 8.01. The smallest absolute Gasteiger partial charge is 0.360 e. The van der Waals surface area contributed by atoms with Crippen molar-refractivity contribution < 1.29 is 30.9 Å². The molecule has 0 radical (unpaired) electrons. The van der Waals surface area contributed by atoms with Crippen LogP contribution in [0.25, 0.3) is 0 Å². The molecule has 1 aromatic rings. The Morgan fingerprint density at radius 3 is 2.33 bits per heavy atom. The molecule has 5 rings (SSSR count). The van der Waals surface area contributed by atoms with Crippen LogP contribution < -0.4 is 15.4 Å². The Bertz CT molecular complexity index is 1090. The van der Waals surface area contributed by atoms with Gasteiger partial charge in [-0.15, -0.1) is 0 Å². The van der Waals surface area contributed by atoms with E-state index in [9.17, 15) is 26.4 Å². The van der Waals surface area contributed by atoms with Gasteiger partial charge in [0.15, 0.2) is 5.69 Å². The largest absolute Gasteiger partial charge is 0.389 e. The number of nitrogens with zero attached hydrogens (tertiary/aromatic N) is 2. The van der Waals surface area contributed by atoms with Crippen LogP contribution in [-0.4, -0.2) is 67.7 Å². The number of carbonyl (C=O) groups is 1. The second-order valence-corrected chi connectivity index (χ2v) is 13.7. The van der Waals surface area contributed by atoms with E-state index in [0.29, 0.717) is 50.1 Å². The van der Waals surface area contributed by atoms with Crippen molar-refractivity contribution in [3.8, 4) is 0 Å². The van der Waals surface area contributed by atoms with E-state index in [1.165, 1.54) is 4.31 Å². The summed E-state index contributed by atoms with van der Waals surface area (Å²) in [5.74, 6) is 1.84. The lowest BCUT2D eigenvalue weighted by molar-refractivity contribution is -0.135. The maximum Gasteiger partial charge on any atom is 0.389 e. The first-order chi connectivity index (χ1) is 18.5. The van der Waals surface area contributed by atoms with Crippen molar-refractivity contribution in [3.05, 3.63) is 17.5 Å². The zero-order valence-corrected chi connectivity index (χ0v) is 23.0. The zero-order valence-electron chi connectivity index (χ0n) is 22.2. The van der Waals surface area contributed by atoms with Gasteiger partial charge in [-0.1, -0.05) is 18.0 Å². The molecule has 4 atom stereocenters. The van der Waals surface area contributed by atoms with Crippen molar-refractivity contribution in [2.24, 2.45) is 11.8 Å². The molecule has 13 heteroatoms. The topological polar surface area (TPSA) is 117 Å². The van der Waals surface area contributed by atoms with Crippen molar-refractivity contribution in [2.45, 2.75) is 107 Å². The van der Waals surface area contributed by atoms with Crippen LogP contribution in [0.3, 0.4) is 0 Å². The van der Waals surface area contributed by atoms with Gasteiger partial charge in [-0.3, -0.25) is 4.79 Å². The van der Waals surface area contributed by atoms with E-state index in [1.807, 2.05) is 0 Å². The molecule has 9 nitrogen and oxygen atoms in total. The molecule has 0 spiro atoms. The lowest BCUT2D eigenvalue weighted by Crippen LogP contribution is -2.52. The highest BCUT2D eigenvalue weighted by atomic mass is 32.2.